The van der Waals surface area contributed by atoms with Gasteiger partial charge in [-0.1, -0.05) is 194 Å². The predicted octanol–water partition coefficient (Wildman–Crippen LogP) is 16.8. The van der Waals surface area contributed by atoms with E-state index in [1.165, 1.54) is 105 Å². The molecule has 12 aromatic rings. The van der Waals surface area contributed by atoms with Crippen molar-refractivity contribution in [2.75, 3.05) is 4.90 Å². The van der Waals surface area contributed by atoms with E-state index < -0.39 is 5.41 Å². The molecular weight excluding hydrogens is 797 g/mol. The lowest BCUT2D eigenvalue weighted by molar-refractivity contribution is 0.752. The highest BCUT2D eigenvalue weighted by atomic mass is 15.2. The predicted molar refractivity (Wildman–Crippen MR) is 276 cm³/mol. The number of para-hydroxylation sites is 3. The fourth-order valence-corrected chi connectivity index (χ4v) is 11.8. The van der Waals surface area contributed by atoms with Gasteiger partial charge in [-0.3, -0.25) is 4.98 Å². The first-order valence-electron chi connectivity index (χ1n) is 22.9. The van der Waals surface area contributed by atoms with Crippen LogP contribution < -0.4 is 4.90 Å². The zero-order chi connectivity index (χ0) is 43.3. The second-order valence-corrected chi connectivity index (χ2v) is 17.7. The van der Waals surface area contributed by atoms with Gasteiger partial charge in [0.1, 0.15) is 0 Å². The molecule has 14 rings (SSSR count). The molecule has 2 heterocycles. The number of fused-ring (bicyclic) bond motifs is 14. The summed E-state index contributed by atoms with van der Waals surface area (Å²) in [4.78, 5) is 7.72. The van der Waals surface area contributed by atoms with Crippen molar-refractivity contribution >= 4 is 60.2 Å². The highest BCUT2D eigenvalue weighted by Gasteiger charge is 2.51. The lowest BCUT2D eigenvalue weighted by Crippen LogP contribution is -2.36. The SMILES string of the molecule is c1ccc(N2c3ccccc3C3(c4ccccc4-c4cc(-c5ccc(-c6c7ccccc7c(-c7cc8ccccc8c8ccccc78)c7ccccc67)cn5)ccc43)c3ccccc32)cc1. The molecule has 1 aliphatic heterocycles. The van der Waals surface area contributed by atoms with Gasteiger partial charge in [-0.25, -0.2) is 0 Å². The Bertz CT molecular complexity index is 3840. The van der Waals surface area contributed by atoms with E-state index in [9.17, 15) is 0 Å². The quantitative estimate of drug-likeness (QED) is 0.130. The molecule has 1 spiro atoms. The molecular formula is C64H40N2. The van der Waals surface area contributed by atoms with Crippen molar-refractivity contribution in [3.63, 3.8) is 0 Å². The molecule has 66 heavy (non-hydrogen) atoms. The second-order valence-electron chi connectivity index (χ2n) is 17.7. The number of aromatic nitrogens is 1. The number of hydrogen-bond donors (Lipinski definition) is 0. The van der Waals surface area contributed by atoms with Crippen molar-refractivity contribution in [3.8, 4) is 44.6 Å². The first-order chi connectivity index (χ1) is 32.8. The Morgan fingerprint density at radius 2 is 0.833 bits per heavy atom. The summed E-state index contributed by atoms with van der Waals surface area (Å²) in [6.07, 6.45) is 2.09. The molecule has 1 aliphatic carbocycles. The van der Waals surface area contributed by atoms with Crippen LogP contribution in [-0.2, 0) is 5.41 Å². The summed E-state index contributed by atoms with van der Waals surface area (Å²) in [7, 11) is 0. The van der Waals surface area contributed by atoms with Gasteiger partial charge in [0.2, 0.25) is 0 Å². The Morgan fingerprint density at radius 1 is 0.318 bits per heavy atom. The minimum Gasteiger partial charge on any atom is -0.310 e. The number of nitrogens with zero attached hydrogens (tertiary/aromatic N) is 2. The summed E-state index contributed by atoms with van der Waals surface area (Å²) in [5, 5.41) is 9.97. The minimum absolute atomic E-state index is 0.492. The number of anilines is 3. The number of benzene rings is 11. The van der Waals surface area contributed by atoms with Gasteiger partial charge in [-0.05, 0) is 136 Å². The standard InChI is InChI=1S/C64H40N2/c1-2-19-44(20-3-1)66-60-32-16-14-30-57(60)64(58-31-15-17-33-61(58)66)55-29-13-12-24-48(55)53-39-42(34-36-56(53)64)59-37-35-43(40-65-59)62-49-25-8-10-27-51(49)63(52-28-11-9-26-50(52)62)54-38-41-18-4-5-21-45(41)46-22-6-7-23-47(46)54/h1-40H. The van der Waals surface area contributed by atoms with E-state index in [-0.39, 0.29) is 0 Å². The zero-order valence-corrected chi connectivity index (χ0v) is 36.0. The van der Waals surface area contributed by atoms with Gasteiger partial charge in [-0.15, -0.1) is 0 Å². The smallest absolute Gasteiger partial charge is 0.0754 e. The Hall–Kier alpha value is -8.59. The largest absolute Gasteiger partial charge is 0.310 e. The zero-order valence-electron chi connectivity index (χ0n) is 36.0. The molecule has 0 N–H and O–H groups in total. The highest BCUT2D eigenvalue weighted by Crippen LogP contribution is 2.63. The van der Waals surface area contributed by atoms with Crippen LogP contribution in [0.4, 0.5) is 17.1 Å². The van der Waals surface area contributed by atoms with Gasteiger partial charge in [0.15, 0.2) is 0 Å². The first-order valence-corrected chi connectivity index (χ1v) is 22.9. The molecule has 0 saturated heterocycles. The first kappa shape index (κ1) is 36.8. The van der Waals surface area contributed by atoms with Crippen molar-refractivity contribution in [1.29, 1.82) is 0 Å². The van der Waals surface area contributed by atoms with Crippen molar-refractivity contribution in [2.45, 2.75) is 5.41 Å². The molecule has 0 saturated carbocycles. The van der Waals surface area contributed by atoms with Gasteiger partial charge < -0.3 is 4.90 Å². The van der Waals surface area contributed by atoms with Gasteiger partial charge in [0.05, 0.1) is 22.5 Å². The molecule has 0 unspecified atom stereocenters. The molecule has 0 amide bonds. The molecule has 0 fully saturated rings. The lowest BCUT2D eigenvalue weighted by atomic mass is 9.64. The van der Waals surface area contributed by atoms with E-state index in [0.717, 1.165) is 22.5 Å². The van der Waals surface area contributed by atoms with Gasteiger partial charge >= 0.3 is 0 Å². The third kappa shape index (κ3) is 5.10. The molecule has 0 bridgehead atoms. The maximum atomic E-state index is 5.29. The van der Waals surface area contributed by atoms with Gasteiger partial charge in [-0.2, -0.15) is 0 Å². The highest BCUT2D eigenvalue weighted by molar-refractivity contribution is 6.25. The molecule has 11 aromatic carbocycles. The van der Waals surface area contributed by atoms with Crippen LogP contribution >= 0.6 is 0 Å². The number of hydrogen-bond acceptors (Lipinski definition) is 2. The van der Waals surface area contributed by atoms with E-state index in [4.69, 9.17) is 4.98 Å². The van der Waals surface area contributed by atoms with Gasteiger partial charge in [0, 0.05) is 23.0 Å². The van der Waals surface area contributed by atoms with Crippen LogP contribution in [0.5, 0.6) is 0 Å². The van der Waals surface area contributed by atoms with Crippen molar-refractivity contribution < 1.29 is 0 Å². The number of pyridine rings is 1. The number of rotatable bonds is 4. The van der Waals surface area contributed by atoms with E-state index in [0.29, 0.717) is 0 Å². The van der Waals surface area contributed by atoms with E-state index in [1.54, 1.807) is 0 Å². The Morgan fingerprint density at radius 3 is 1.50 bits per heavy atom. The summed E-state index contributed by atoms with van der Waals surface area (Å²) in [5.74, 6) is 0. The summed E-state index contributed by atoms with van der Waals surface area (Å²) in [6.45, 7) is 0. The topological polar surface area (TPSA) is 16.1 Å². The van der Waals surface area contributed by atoms with Crippen LogP contribution in [-0.4, -0.2) is 4.98 Å². The fraction of sp³-hybridized carbons (Fsp3) is 0.0156. The Labute approximate surface area is 383 Å². The summed E-state index contributed by atoms with van der Waals surface area (Å²) in [6, 6.07) is 87.2. The van der Waals surface area contributed by atoms with E-state index >= 15 is 0 Å². The molecule has 1 aromatic heterocycles. The molecule has 2 heteroatoms. The van der Waals surface area contributed by atoms with Crippen molar-refractivity contribution in [3.05, 3.63) is 265 Å². The average molecular weight is 837 g/mol. The van der Waals surface area contributed by atoms with Crippen LogP contribution in [0.15, 0.2) is 243 Å². The minimum atomic E-state index is -0.492. The summed E-state index contributed by atoms with van der Waals surface area (Å²) >= 11 is 0. The molecule has 2 aliphatic rings. The maximum absolute atomic E-state index is 5.29. The van der Waals surface area contributed by atoms with Crippen LogP contribution in [0.2, 0.25) is 0 Å². The average Bonchev–Trinajstić information content (AvgIpc) is 3.68. The normalized spacial score (nSPS) is 13.2. The monoisotopic (exact) mass is 836 g/mol. The summed E-state index contributed by atoms with van der Waals surface area (Å²) in [5.41, 5.74) is 17.6. The summed E-state index contributed by atoms with van der Waals surface area (Å²) < 4.78 is 0. The fourth-order valence-electron chi connectivity index (χ4n) is 11.8. The van der Waals surface area contributed by atoms with Crippen LogP contribution in [0.1, 0.15) is 22.3 Å². The second kappa shape index (κ2) is 14.2. The Balaban J connectivity index is 0.925. The third-order valence-corrected chi connectivity index (χ3v) is 14.5. The van der Waals surface area contributed by atoms with Crippen LogP contribution in [0, 0.1) is 0 Å². The van der Waals surface area contributed by atoms with E-state index in [1.807, 2.05) is 0 Å². The van der Waals surface area contributed by atoms with Crippen LogP contribution in [0.25, 0.3) is 87.7 Å². The van der Waals surface area contributed by atoms with Crippen LogP contribution in [0.3, 0.4) is 0 Å². The van der Waals surface area contributed by atoms with Gasteiger partial charge in [0.25, 0.3) is 0 Å². The van der Waals surface area contributed by atoms with Crippen molar-refractivity contribution in [1.82, 2.24) is 4.98 Å². The molecule has 0 atom stereocenters. The molecule has 306 valence electrons. The Kier molecular flexibility index (Phi) is 7.93. The molecule has 0 radical (unpaired) electrons. The van der Waals surface area contributed by atoms with Crippen molar-refractivity contribution in [2.24, 2.45) is 0 Å². The maximum Gasteiger partial charge on any atom is 0.0754 e. The third-order valence-electron chi connectivity index (χ3n) is 14.5. The molecule has 2 nitrogen and oxygen atoms in total. The lowest BCUT2D eigenvalue weighted by Gasteiger charge is -2.45. The van der Waals surface area contributed by atoms with E-state index in [2.05, 4.69) is 248 Å².